The molecule has 19 heavy (non-hydrogen) atoms. The summed E-state index contributed by atoms with van der Waals surface area (Å²) in [7, 11) is 0. The van der Waals surface area contributed by atoms with Gasteiger partial charge in [0.2, 0.25) is 0 Å². The lowest BCUT2D eigenvalue weighted by molar-refractivity contribution is -0.0139. The van der Waals surface area contributed by atoms with E-state index in [1.165, 1.54) is 12.8 Å². The van der Waals surface area contributed by atoms with Crippen LogP contribution in [0.1, 0.15) is 38.2 Å². The molecule has 2 fully saturated rings. The Bertz CT molecular complexity index is 448. The molecular formula is C16H23NO2. The van der Waals surface area contributed by atoms with E-state index < -0.39 is 5.60 Å². The van der Waals surface area contributed by atoms with Crippen molar-refractivity contribution in [1.82, 2.24) is 4.90 Å². The van der Waals surface area contributed by atoms with Crippen LogP contribution in [0.5, 0.6) is 5.75 Å². The molecule has 0 spiro atoms. The second-order valence-electron chi connectivity index (χ2n) is 5.68. The highest BCUT2D eigenvalue weighted by molar-refractivity contribution is 5.34. The number of piperidine rings is 1. The molecule has 3 heteroatoms. The predicted molar refractivity (Wildman–Crippen MR) is 75.3 cm³/mol. The Morgan fingerprint density at radius 3 is 3.11 bits per heavy atom. The van der Waals surface area contributed by atoms with Crippen molar-refractivity contribution in [2.45, 2.75) is 44.2 Å². The van der Waals surface area contributed by atoms with Crippen LogP contribution in [0.25, 0.3) is 0 Å². The predicted octanol–water partition coefficient (Wildman–Crippen LogP) is 2.53. The number of hydrogen-bond acceptors (Lipinski definition) is 3. The van der Waals surface area contributed by atoms with Crippen molar-refractivity contribution in [2.75, 3.05) is 19.7 Å². The van der Waals surface area contributed by atoms with E-state index in [1.54, 1.807) is 0 Å². The van der Waals surface area contributed by atoms with E-state index in [4.69, 9.17) is 4.74 Å². The van der Waals surface area contributed by atoms with Crippen LogP contribution in [0.4, 0.5) is 0 Å². The van der Waals surface area contributed by atoms with Crippen molar-refractivity contribution >= 4 is 0 Å². The topological polar surface area (TPSA) is 32.7 Å². The van der Waals surface area contributed by atoms with Crippen LogP contribution in [0.2, 0.25) is 0 Å². The van der Waals surface area contributed by atoms with Gasteiger partial charge in [-0.1, -0.05) is 18.6 Å². The Morgan fingerprint density at radius 1 is 1.37 bits per heavy atom. The van der Waals surface area contributed by atoms with Crippen LogP contribution in [0.15, 0.2) is 24.3 Å². The quantitative estimate of drug-likeness (QED) is 0.907. The summed E-state index contributed by atoms with van der Waals surface area (Å²) < 4.78 is 5.56. The lowest BCUT2D eigenvalue weighted by Gasteiger charge is -2.37. The van der Waals surface area contributed by atoms with E-state index >= 15 is 0 Å². The summed E-state index contributed by atoms with van der Waals surface area (Å²) in [5.41, 5.74) is 0.334. The summed E-state index contributed by atoms with van der Waals surface area (Å²) >= 11 is 0. The summed E-state index contributed by atoms with van der Waals surface area (Å²) in [5.74, 6) is 0.864. The largest absolute Gasteiger partial charge is 0.494 e. The highest BCUT2D eigenvalue weighted by Gasteiger charge is 2.47. The third-order valence-electron chi connectivity index (χ3n) is 4.59. The molecule has 1 aromatic carbocycles. The molecule has 2 heterocycles. The van der Waals surface area contributed by atoms with Gasteiger partial charge in [-0.25, -0.2) is 0 Å². The van der Waals surface area contributed by atoms with E-state index in [0.717, 1.165) is 37.2 Å². The Morgan fingerprint density at radius 2 is 2.26 bits per heavy atom. The van der Waals surface area contributed by atoms with Crippen molar-refractivity contribution < 1.29 is 9.84 Å². The smallest absolute Gasteiger partial charge is 0.119 e. The van der Waals surface area contributed by atoms with Gasteiger partial charge >= 0.3 is 0 Å². The Labute approximate surface area is 115 Å². The molecule has 3 rings (SSSR count). The second kappa shape index (κ2) is 5.14. The Hall–Kier alpha value is -1.06. The molecule has 104 valence electrons. The number of hydrogen-bond donors (Lipinski definition) is 1. The molecule has 0 amide bonds. The molecule has 1 aromatic rings. The molecule has 0 saturated carbocycles. The van der Waals surface area contributed by atoms with Crippen molar-refractivity contribution in [3.05, 3.63) is 29.8 Å². The first-order valence-corrected chi connectivity index (χ1v) is 7.44. The van der Waals surface area contributed by atoms with Crippen LogP contribution >= 0.6 is 0 Å². The SMILES string of the molecule is CCOc1cccc(C2(O)CCN3CCCCC32)c1. The average molecular weight is 261 g/mol. The molecular weight excluding hydrogens is 238 g/mol. The van der Waals surface area contributed by atoms with Gasteiger partial charge in [0.1, 0.15) is 11.4 Å². The first-order chi connectivity index (χ1) is 9.24. The molecule has 0 bridgehead atoms. The molecule has 2 unspecified atom stereocenters. The monoisotopic (exact) mass is 261 g/mol. The van der Waals surface area contributed by atoms with Crippen LogP contribution in [-0.4, -0.2) is 35.7 Å². The van der Waals surface area contributed by atoms with Crippen molar-refractivity contribution in [2.24, 2.45) is 0 Å². The van der Waals surface area contributed by atoms with Gasteiger partial charge in [-0.3, -0.25) is 4.90 Å². The molecule has 1 N–H and O–H groups in total. The van der Waals surface area contributed by atoms with E-state index in [-0.39, 0.29) is 6.04 Å². The van der Waals surface area contributed by atoms with E-state index in [2.05, 4.69) is 4.90 Å². The number of ether oxygens (including phenoxy) is 1. The van der Waals surface area contributed by atoms with Gasteiger partial charge in [-0.05, 0) is 50.4 Å². The zero-order valence-corrected chi connectivity index (χ0v) is 11.6. The van der Waals surface area contributed by atoms with Gasteiger partial charge in [0.05, 0.1) is 6.61 Å². The molecule has 0 radical (unpaired) electrons. The number of aliphatic hydroxyl groups is 1. The Kier molecular flexibility index (Phi) is 3.50. The van der Waals surface area contributed by atoms with Crippen molar-refractivity contribution in [3.63, 3.8) is 0 Å². The standard InChI is InChI=1S/C16H23NO2/c1-2-19-14-7-5-6-13(12-14)16(18)9-11-17-10-4-3-8-15(16)17/h5-7,12,15,18H,2-4,8-11H2,1H3. The first kappa shape index (κ1) is 12.9. The molecule has 0 aliphatic carbocycles. The van der Waals surface area contributed by atoms with Gasteiger partial charge in [0.25, 0.3) is 0 Å². The summed E-state index contributed by atoms with van der Waals surface area (Å²) in [6, 6.07) is 8.30. The minimum atomic E-state index is -0.687. The van der Waals surface area contributed by atoms with Gasteiger partial charge in [0, 0.05) is 12.6 Å². The highest BCUT2D eigenvalue weighted by atomic mass is 16.5. The summed E-state index contributed by atoms with van der Waals surface area (Å²) in [6.45, 7) is 4.80. The van der Waals surface area contributed by atoms with E-state index in [1.807, 2.05) is 31.2 Å². The van der Waals surface area contributed by atoms with Crippen LogP contribution in [0.3, 0.4) is 0 Å². The third-order valence-corrected chi connectivity index (χ3v) is 4.59. The minimum Gasteiger partial charge on any atom is -0.494 e. The number of fused-ring (bicyclic) bond motifs is 1. The number of benzene rings is 1. The Balaban J connectivity index is 1.89. The molecule has 2 saturated heterocycles. The van der Waals surface area contributed by atoms with Gasteiger partial charge in [-0.15, -0.1) is 0 Å². The van der Waals surface area contributed by atoms with Crippen LogP contribution < -0.4 is 4.74 Å². The summed E-state index contributed by atoms with van der Waals surface area (Å²) in [4.78, 5) is 2.46. The highest BCUT2D eigenvalue weighted by Crippen LogP contribution is 2.42. The zero-order valence-electron chi connectivity index (χ0n) is 11.6. The van der Waals surface area contributed by atoms with Crippen molar-refractivity contribution in [3.8, 4) is 5.75 Å². The van der Waals surface area contributed by atoms with Crippen LogP contribution in [0, 0.1) is 0 Å². The molecule has 3 nitrogen and oxygen atoms in total. The number of rotatable bonds is 3. The summed E-state index contributed by atoms with van der Waals surface area (Å²) in [6.07, 6.45) is 4.45. The molecule has 2 atom stereocenters. The normalized spacial score (nSPS) is 31.2. The minimum absolute atomic E-state index is 0.290. The molecule has 2 aliphatic heterocycles. The fourth-order valence-corrected chi connectivity index (χ4v) is 3.64. The summed E-state index contributed by atoms with van der Waals surface area (Å²) in [5, 5.41) is 11.2. The second-order valence-corrected chi connectivity index (χ2v) is 5.68. The zero-order chi connectivity index (χ0) is 13.3. The maximum Gasteiger partial charge on any atom is 0.119 e. The van der Waals surface area contributed by atoms with Crippen LogP contribution in [-0.2, 0) is 5.60 Å². The van der Waals surface area contributed by atoms with Gasteiger partial charge in [-0.2, -0.15) is 0 Å². The maximum absolute atomic E-state index is 11.2. The fourth-order valence-electron chi connectivity index (χ4n) is 3.64. The average Bonchev–Trinajstić information content (AvgIpc) is 2.79. The molecule has 2 aliphatic rings. The van der Waals surface area contributed by atoms with Gasteiger partial charge < -0.3 is 9.84 Å². The first-order valence-electron chi connectivity index (χ1n) is 7.44. The maximum atomic E-state index is 11.2. The van der Waals surface area contributed by atoms with E-state index in [9.17, 15) is 5.11 Å². The van der Waals surface area contributed by atoms with Gasteiger partial charge in [0.15, 0.2) is 0 Å². The lowest BCUT2D eigenvalue weighted by Crippen LogP contribution is -2.45. The van der Waals surface area contributed by atoms with Crippen molar-refractivity contribution in [1.29, 1.82) is 0 Å². The fraction of sp³-hybridized carbons (Fsp3) is 0.625. The lowest BCUT2D eigenvalue weighted by atomic mass is 9.83. The number of nitrogens with zero attached hydrogens (tertiary/aromatic N) is 1. The molecule has 0 aromatic heterocycles. The third kappa shape index (κ3) is 2.26. The van der Waals surface area contributed by atoms with E-state index in [0.29, 0.717) is 6.61 Å².